The van der Waals surface area contributed by atoms with Crippen LogP contribution in [-0.4, -0.2) is 25.0 Å². The normalized spacial score (nSPS) is 26.5. The molecule has 0 aromatic heterocycles. The van der Waals surface area contributed by atoms with E-state index in [2.05, 4.69) is 10.2 Å². The number of nitrogens with zero attached hydrogens (tertiary/aromatic N) is 1. The number of anilines is 1. The van der Waals surface area contributed by atoms with Crippen molar-refractivity contribution in [2.24, 2.45) is 11.7 Å². The number of carbonyl (C=O) groups excluding carboxylic acids is 1. The molecule has 3 atom stereocenters. The lowest BCUT2D eigenvalue weighted by molar-refractivity contribution is -0.122. The second kappa shape index (κ2) is 5.30. The molecule has 0 radical (unpaired) electrons. The Kier molecular flexibility index (Phi) is 3.61. The second-order valence-corrected chi connectivity index (χ2v) is 6.20. The molecule has 1 aromatic rings. The SMILES string of the molecule is Cc1cc(N2CCCC3C(=O)NCC32)c(C(C)N)cc1F. The van der Waals surface area contributed by atoms with Crippen molar-refractivity contribution in [1.82, 2.24) is 5.32 Å². The van der Waals surface area contributed by atoms with Gasteiger partial charge < -0.3 is 16.0 Å². The Morgan fingerprint density at radius 3 is 2.95 bits per heavy atom. The van der Waals surface area contributed by atoms with Gasteiger partial charge in [-0.3, -0.25) is 4.79 Å². The standard InChI is InChI=1S/C16H22FN3O/c1-9-6-14(12(10(2)18)7-13(9)17)20-5-3-4-11-15(20)8-19-16(11)21/h6-7,10-11,15H,3-5,8,18H2,1-2H3,(H,19,21). The van der Waals surface area contributed by atoms with Crippen molar-refractivity contribution >= 4 is 11.6 Å². The molecule has 3 unspecified atom stereocenters. The Balaban J connectivity index is 2.03. The van der Waals surface area contributed by atoms with Crippen LogP contribution in [0.5, 0.6) is 0 Å². The number of piperidine rings is 1. The van der Waals surface area contributed by atoms with E-state index in [9.17, 15) is 9.18 Å². The van der Waals surface area contributed by atoms with Crippen molar-refractivity contribution in [3.8, 4) is 0 Å². The molecule has 2 heterocycles. The van der Waals surface area contributed by atoms with Gasteiger partial charge in [-0.2, -0.15) is 0 Å². The zero-order valence-electron chi connectivity index (χ0n) is 12.5. The number of hydrogen-bond donors (Lipinski definition) is 2. The maximum atomic E-state index is 13.9. The van der Waals surface area contributed by atoms with Gasteiger partial charge in [0.2, 0.25) is 5.91 Å². The van der Waals surface area contributed by atoms with Crippen molar-refractivity contribution in [2.75, 3.05) is 18.0 Å². The van der Waals surface area contributed by atoms with Gasteiger partial charge in [-0.05, 0) is 49.9 Å². The van der Waals surface area contributed by atoms with Crippen molar-refractivity contribution < 1.29 is 9.18 Å². The second-order valence-electron chi connectivity index (χ2n) is 6.20. The zero-order valence-corrected chi connectivity index (χ0v) is 12.5. The molecule has 1 aromatic carbocycles. The number of rotatable bonds is 2. The first kappa shape index (κ1) is 14.3. The van der Waals surface area contributed by atoms with Crippen LogP contribution < -0.4 is 16.0 Å². The first-order chi connectivity index (χ1) is 9.99. The maximum Gasteiger partial charge on any atom is 0.225 e. The molecule has 3 rings (SSSR count). The molecule has 0 spiro atoms. The Morgan fingerprint density at radius 1 is 1.48 bits per heavy atom. The van der Waals surface area contributed by atoms with E-state index < -0.39 is 0 Å². The topological polar surface area (TPSA) is 58.4 Å². The molecule has 0 aliphatic carbocycles. The lowest BCUT2D eigenvalue weighted by Crippen LogP contribution is -2.46. The van der Waals surface area contributed by atoms with Gasteiger partial charge in [-0.1, -0.05) is 0 Å². The van der Waals surface area contributed by atoms with Gasteiger partial charge in [0, 0.05) is 24.8 Å². The average molecular weight is 291 g/mol. The molecule has 2 fully saturated rings. The largest absolute Gasteiger partial charge is 0.366 e. The zero-order chi connectivity index (χ0) is 15.1. The minimum atomic E-state index is -0.236. The number of halogens is 1. The Hall–Kier alpha value is -1.62. The molecule has 3 N–H and O–H groups in total. The van der Waals surface area contributed by atoms with E-state index in [-0.39, 0.29) is 29.7 Å². The molecule has 1 amide bonds. The average Bonchev–Trinajstić information content (AvgIpc) is 2.83. The highest BCUT2D eigenvalue weighted by molar-refractivity contribution is 5.83. The molecule has 114 valence electrons. The monoisotopic (exact) mass is 291 g/mol. The summed E-state index contributed by atoms with van der Waals surface area (Å²) in [7, 11) is 0. The van der Waals surface area contributed by atoms with Crippen LogP contribution in [0.15, 0.2) is 12.1 Å². The Bertz CT molecular complexity index is 573. The van der Waals surface area contributed by atoms with Gasteiger partial charge in [0.1, 0.15) is 5.82 Å². The summed E-state index contributed by atoms with van der Waals surface area (Å²) in [4.78, 5) is 14.1. The number of nitrogens with one attached hydrogen (secondary N) is 1. The third-order valence-corrected chi connectivity index (χ3v) is 4.71. The smallest absolute Gasteiger partial charge is 0.225 e. The summed E-state index contributed by atoms with van der Waals surface area (Å²) in [5.74, 6) is -0.0313. The van der Waals surface area contributed by atoms with Gasteiger partial charge in [0.15, 0.2) is 0 Å². The van der Waals surface area contributed by atoms with Gasteiger partial charge >= 0.3 is 0 Å². The van der Waals surface area contributed by atoms with Crippen LogP contribution >= 0.6 is 0 Å². The van der Waals surface area contributed by atoms with Crippen LogP contribution in [0.1, 0.15) is 36.9 Å². The van der Waals surface area contributed by atoms with Gasteiger partial charge in [-0.15, -0.1) is 0 Å². The fraction of sp³-hybridized carbons (Fsp3) is 0.562. The minimum absolute atomic E-state index is 0.0463. The van der Waals surface area contributed by atoms with E-state index in [1.54, 1.807) is 13.0 Å². The number of fused-ring (bicyclic) bond motifs is 1. The number of benzene rings is 1. The number of carbonyl (C=O) groups is 1. The molecule has 2 saturated heterocycles. The van der Waals surface area contributed by atoms with Gasteiger partial charge in [0.05, 0.1) is 12.0 Å². The molecular formula is C16H22FN3O. The Morgan fingerprint density at radius 2 is 2.24 bits per heavy atom. The van der Waals surface area contributed by atoms with Crippen molar-refractivity contribution in [2.45, 2.75) is 38.8 Å². The van der Waals surface area contributed by atoms with Crippen LogP contribution in [0.2, 0.25) is 0 Å². The van der Waals surface area contributed by atoms with Crippen LogP contribution in [0, 0.1) is 18.7 Å². The number of aryl methyl sites for hydroxylation is 1. The summed E-state index contributed by atoms with van der Waals surface area (Å²) in [5.41, 5.74) is 8.45. The first-order valence-corrected chi connectivity index (χ1v) is 7.59. The third kappa shape index (κ3) is 2.39. The molecule has 4 nitrogen and oxygen atoms in total. The quantitative estimate of drug-likeness (QED) is 0.874. The molecule has 5 heteroatoms. The highest BCUT2D eigenvalue weighted by Crippen LogP contribution is 2.36. The summed E-state index contributed by atoms with van der Waals surface area (Å²) in [5, 5.41) is 2.95. The van der Waals surface area contributed by atoms with Crippen LogP contribution in [0.25, 0.3) is 0 Å². The molecule has 2 aliphatic rings. The summed E-state index contributed by atoms with van der Waals surface area (Å²) < 4.78 is 13.9. The fourth-order valence-electron chi connectivity index (χ4n) is 3.55. The van der Waals surface area contributed by atoms with Crippen LogP contribution in [-0.2, 0) is 4.79 Å². The summed E-state index contributed by atoms with van der Waals surface area (Å²) in [6.07, 6.45) is 1.91. The number of nitrogens with two attached hydrogens (primary N) is 1. The van der Waals surface area contributed by atoms with Crippen LogP contribution in [0.4, 0.5) is 10.1 Å². The minimum Gasteiger partial charge on any atom is -0.366 e. The van der Waals surface area contributed by atoms with E-state index in [4.69, 9.17) is 5.73 Å². The van der Waals surface area contributed by atoms with Crippen LogP contribution in [0.3, 0.4) is 0 Å². The summed E-state index contributed by atoms with van der Waals surface area (Å²) >= 11 is 0. The molecule has 0 bridgehead atoms. The predicted molar refractivity (Wildman–Crippen MR) is 80.6 cm³/mol. The van der Waals surface area contributed by atoms with Gasteiger partial charge in [-0.25, -0.2) is 4.39 Å². The number of amides is 1. The highest BCUT2D eigenvalue weighted by atomic mass is 19.1. The van der Waals surface area contributed by atoms with E-state index >= 15 is 0 Å². The third-order valence-electron chi connectivity index (χ3n) is 4.71. The maximum absolute atomic E-state index is 13.9. The Labute approximate surface area is 124 Å². The summed E-state index contributed by atoms with van der Waals surface area (Å²) in [6, 6.07) is 3.34. The molecular weight excluding hydrogens is 269 g/mol. The highest BCUT2D eigenvalue weighted by Gasteiger charge is 2.41. The molecule has 21 heavy (non-hydrogen) atoms. The molecule has 2 aliphatic heterocycles. The van der Waals surface area contributed by atoms with Crippen molar-refractivity contribution in [3.63, 3.8) is 0 Å². The van der Waals surface area contributed by atoms with E-state index in [1.807, 2.05) is 13.0 Å². The van der Waals surface area contributed by atoms with E-state index in [0.717, 1.165) is 30.6 Å². The lowest BCUT2D eigenvalue weighted by Gasteiger charge is -2.39. The fourth-order valence-corrected chi connectivity index (χ4v) is 3.55. The van der Waals surface area contributed by atoms with Crippen molar-refractivity contribution in [1.29, 1.82) is 0 Å². The summed E-state index contributed by atoms with van der Waals surface area (Å²) in [6.45, 7) is 5.19. The predicted octanol–water partition coefficient (Wildman–Crippen LogP) is 1.87. The first-order valence-electron chi connectivity index (χ1n) is 7.59. The van der Waals surface area contributed by atoms with E-state index in [0.29, 0.717) is 12.1 Å². The number of hydrogen-bond acceptors (Lipinski definition) is 3. The van der Waals surface area contributed by atoms with Crippen molar-refractivity contribution in [3.05, 3.63) is 29.1 Å². The molecule has 0 saturated carbocycles. The lowest BCUT2D eigenvalue weighted by atomic mass is 9.89. The van der Waals surface area contributed by atoms with E-state index in [1.165, 1.54) is 0 Å². The van der Waals surface area contributed by atoms with Gasteiger partial charge in [0.25, 0.3) is 0 Å².